The van der Waals surface area contributed by atoms with Crippen LogP contribution in [0.1, 0.15) is 5.56 Å². The predicted octanol–water partition coefficient (Wildman–Crippen LogP) is 3.74. The van der Waals surface area contributed by atoms with Gasteiger partial charge in [0.1, 0.15) is 16.7 Å². The summed E-state index contributed by atoms with van der Waals surface area (Å²) in [6, 6.07) is 13.1. The summed E-state index contributed by atoms with van der Waals surface area (Å²) in [5.74, 6) is 1.41. The number of hydrogen-bond donors (Lipinski definition) is 1. The van der Waals surface area contributed by atoms with Crippen LogP contribution in [0.3, 0.4) is 0 Å². The Bertz CT molecular complexity index is 821. The Balaban J connectivity index is 1.86. The Kier molecular flexibility index (Phi) is 4.16. The smallest absolute Gasteiger partial charge is 0.146 e. The van der Waals surface area contributed by atoms with E-state index in [1.807, 2.05) is 42.5 Å². The van der Waals surface area contributed by atoms with E-state index in [-0.39, 0.29) is 0 Å². The molecule has 1 aromatic carbocycles. The van der Waals surface area contributed by atoms with Crippen molar-refractivity contribution in [1.82, 2.24) is 9.97 Å². The van der Waals surface area contributed by atoms with E-state index in [9.17, 15) is 0 Å². The molecule has 0 fully saturated rings. The molecule has 0 aliphatic heterocycles. The standard InChI is InChI=1S/C16H13ClN4O/c1-22-13-6-5-11-8-12(16(17)20-14(11)9-13)10-19-21-15-4-2-3-7-18-15/h2-10H,1H3,(H,18,21). The van der Waals surface area contributed by atoms with Crippen LogP contribution < -0.4 is 10.2 Å². The fraction of sp³-hybridized carbons (Fsp3) is 0.0625. The molecule has 0 bridgehead atoms. The van der Waals surface area contributed by atoms with Crippen LogP contribution in [0.2, 0.25) is 5.15 Å². The van der Waals surface area contributed by atoms with Gasteiger partial charge in [-0.25, -0.2) is 9.97 Å². The van der Waals surface area contributed by atoms with E-state index in [0.29, 0.717) is 11.0 Å². The molecule has 0 aliphatic carbocycles. The van der Waals surface area contributed by atoms with E-state index in [2.05, 4.69) is 20.5 Å². The number of methoxy groups -OCH3 is 1. The molecule has 110 valence electrons. The summed E-state index contributed by atoms with van der Waals surface area (Å²) in [6.07, 6.45) is 3.31. The lowest BCUT2D eigenvalue weighted by atomic mass is 10.1. The third kappa shape index (κ3) is 3.15. The fourth-order valence-corrected chi connectivity index (χ4v) is 2.15. The number of hydrogen-bond acceptors (Lipinski definition) is 5. The van der Waals surface area contributed by atoms with Crippen molar-refractivity contribution >= 4 is 34.5 Å². The summed E-state index contributed by atoms with van der Waals surface area (Å²) >= 11 is 6.19. The molecule has 3 aromatic rings. The van der Waals surface area contributed by atoms with Crippen LogP contribution in [-0.2, 0) is 0 Å². The number of aromatic nitrogens is 2. The zero-order valence-electron chi connectivity index (χ0n) is 11.8. The molecule has 0 radical (unpaired) electrons. The third-order valence-corrected chi connectivity index (χ3v) is 3.36. The van der Waals surface area contributed by atoms with Crippen molar-refractivity contribution in [2.24, 2.45) is 5.10 Å². The Hall–Kier alpha value is -2.66. The summed E-state index contributed by atoms with van der Waals surface area (Å²) in [4.78, 5) is 8.47. The first-order valence-corrected chi connectivity index (χ1v) is 6.98. The summed E-state index contributed by atoms with van der Waals surface area (Å²) in [5, 5.41) is 5.47. The van der Waals surface area contributed by atoms with Crippen molar-refractivity contribution in [3.8, 4) is 5.75 Å². The van der Waals surface area contributed by atoms with Gasteiger partial charge in [0.25, 0.3) is 0 Å². The lowest BCUT2D eigenvalue weighted by Gasteiger charge is -2.04. The number of nitrogens with one attached hydrogen (secondary N) is 1. The van der Waals surface area contributed by atoms with Gasteiger partial charge in [-0.1, -0.05) is 17.7 Å². The molecule has 3 rings (SSSR count). The van der Waals surface area contributed by atoms with E-state index in [1.54, 1.807) is 19.5 Å². The minimum atomic E-state index is 0.382. The first-order chi connectivity index (χ1) is 10.8. The second-order valence-electron chi connectivity index (χ2n) is 4.51. The number of fused-ring (bicyclic) bond motifs is 1. The monoisotopic (exact) mass is 312 g/mol. The number of ether oxygens (including phenoxy) is 1. The average Bonchev–Trinajstić information content (AvgIpc) is 2.56. The normalized spacial score (nSPS) is 11.0. The number of hydrazone groups is 1. The fourth-order valence-electron chi connectivity index (χ4n) is 1.95. The minimum absolute atomic E-state index is 0.382. The van der Waals surface area contributed by atoms with Crippen LogP contribution in [-0.4, -0.2) is 23.3 Å². The lowest BCUT2D eigenvalue weighted by Crippen LogP contribution is -1.95. The topological polar surface area (TPSA) is 59.4 Å². The van der Waals surface area contributed by atoms with Crippen LogP contribution in [0.25, 0.3) is 10.9 Å². The van der Waals surface area contributed by atoms with Gasteiger partial charge in [0.15, 0.2) is 0 Å². The number of anilines is 1. The van der Waals surface area contributed by atoms with Gasteiger partial charge in [0.2, 0.25) is 0 Å². The van der Waals surface area contributed by atoms with Gasteiger partial charge < -0.3 is 4.74 Å². The average molecular weight is 313 g/mol. The number of pyridine rings is 2. The number of halogens is 1. The Labute approximate surface area is 132 Å². The molecule has 0 saturated heterocycles. The molecule has 0 atom stereocenters. The molecule has 1 N–H and O–H groups in total. The highest BCUT2D eigenvalue weighted by atomic mass is 35.5. The van der Waals surface area contributed by atoms with Crippen molar-refractivity contribution in [2.75, 3.05) is 12.5 Å². The summed E-state index contributed by atoms with van der Waals surface area (Å²) < 4.78 is 5.18. The maximum Gasteiger partial charge on any atom is 0.146 e. The van der Waals surface area contributed by atoms with Crippen LogP contribution in [0.15, 0.2) is 53.8 Å². The molecule has 0 saturated carbocycles. The quantitative estimate of drug-likeness (QED) is 0.453. The van der Waals surface area contributed by atoms with Crippen molar-refractivity contribution in [3.63, 3.8) is 0 Å². The molecule has 5 nitrogen and oxygen atoms in total. The second-order valence-corrected chi connectivity index (χ2v) is 4.87. The minimum Gasteiger partial charge on any atom is -0.497 e. The number of rotatable bonds is 4. The first-order valence-electron chi connectivity index (χ1n) is 6.60. The van der Waals surface area contributed by atoms with Gasteiger partial charge in [-0.2, -0.15) is 5.10 Å². The zero-order chi connectivity index (χ0) is 15.4. The van der Waals surface area contributed by atoms with E-state index in [0.717, 1.165) is 22.2 Å². The molecule has 22 heavy (non-hydrogen) atoms. The Morgan fingerprint density at radius 3 is 2.91 bits per heavy atom. The molecule has 6 heteroatoms. The molecule has 2 aromatic heterocycles. The SMILES string of the molecule is COc1ccc2cc(C=NNc3ccccn3)c(Cl)nc2c1. The van der Waals surface area contributed by atoms with E-state index in [1.165, 1.54) is 0 Å². The van der Waals surface area contributed by atoms with Crippen molar-refractivity contribution in [3.05, 3.63) is 59.4 Å². The lowest BCUT2D eigenvalue weighted by molar-refractivity contribution is 0.415. The van der Waals surface area contributed by atoms with Crippen molar-refractivity contribution in [2.45, 2.75) is 0 Å². The molecule has 2 heterocycles. The van der Waals surface area contributed by atoms with Crippen LogP contribution in [0.4, 0.5) is 5.82 Å². The van der Waals surface area contributed by atoms with Crippen molar-refractivity contribution in [1.29, 1.82) is 0 Å². The number of benzene rings is 1. The number of nitrogens with zero attached hydrogens (tertiary/aromatic N) is 3. The summed E-state index contributed by atoms with van der Waals surface area (Å²) in [6.45, 7) is 0. The zero-order valence-corrected chi connectivity index (χ0v) is 12.6. The van der Waals surface area contributed by atoms with Gasteiger partial charge in [-0.05, 0) is 30.3 Å². The first kappa shape index (κ1) is 14.3. The third-order valence-electron chi connectivity index (χ3n) is 3.05. The van der Waals surface area contributed by atoms with E-state index in [4.69, 9.17) is 16.3 Å². The van der Waals surface area contributed by atoms with Gasteiger partial charge in [-0.15, -0.1) is 0 Å². The van der Waals surface area contributed by atoms with Crippen LogP contribution in [0, 0.1) is 0 Å². The maximum absolute atomic E-state index is 6.19. The largest absolute Gasteiger partial charge is 0.497 e. The molecule has 0 aliphatic rings. The Morgan fingerprint density at radius 2 is 2.14 bits per heavy atom. The summed E-state index contributed by atoms with van der Waals surface area (Å²) in [7, 11) is 1.62. The van der Waals surface area contributed by atoms with Gasteiger partial charge in [-0.3, -0.25) is 5.43 Å². The van der Waals surface area contributed by atoms with Gasteiger partial charge in [0, 0.05) is 23.2 Å². The molecule has 0 unspecified atom stereocenters. The van der Waals surface area contributed by atoms with Crippen LogP contribution >= 0.6 is 11.6 Å². The molecular weight excluding hydrogens is 300 g/mol. The van der Waals surface area contributed by atoms with Crippen LogP contribution in [0.5, 0.6) is 5.75 Å². The van der Waals surface area contributed by atoms with Crippen molar-refractivity contribution < 1.29 is 4.74 Å². The Morgan fingerprint density at radius 1 is 1.23 bits per heavy atom. The molecule has 0 spiro atoms. The van der Waals surface area contributed by atoms with E-state index < -0.39 is 0 Å². The highest BCUT2D eigenvalue weighted by Crippen LogP contribution is 2.23. The summed E-state index contributed by atoms with van der Waals surface area (Å²) in [5.41, 5.74) is 4.34. The highest BCUT2D eigenvalue weighted by Gasteiger charge is 2.04. The maximum atomic E-state index is 6.19. The second kappa shape index (κ2) is 6.41. The van der Waals surface area contributed by atoms with Gasteiger partial charge in [0.05, 0.1) is 18.8 Å². The van der Waals surface area contributed by atoms with Gasteiger partial charge >= 0.3 is 0 Å². The molecule has 0 amide bonds. The highest BCUT2D eigenvalue weighted by molar-refractivity contribution is 6.32. The van der Waals surface area contributed by atoms with E-state index >= 15 is 0 Å². The predicted molar refractivity (Wildman–Crippen MR) is 88.8 cm³/mol. The molecular formula is C16H13ClN4O.